The molecule has 1 heterocycles. The van der Waals surface area contributed by atoms with Gasteiger partial charge in [-0.1, -0.05) is 0 Å². The molecule has 0 aliphatic heterocycles. The molecule has 0 bridgehead atoms. The van der Waals surface area contributed by atoms with Crippen molar-refractivity contribution in [2.45, 2.75) is 6.43 Å². The molecule has 1 rings (SSSR count). The highest BCUT2D eigenvalue weighted by atomic mass is 127. The molecule has 7 heteroatoms. The smallest absolute Gasteiger partial charge is 0.355 e. The van der Waals surface area contributed by atoms with Gasteiger partial charge >= 0.3 is 5.97 Å². The summed E-state index contributed by atoms with van der Waals surface area (Å²) in [4.78, 5) is 13.9. The molecular weight excluding hydrogens is 321 g/mol. The van der Waals surface area contributed by atoms with Gasteiger partial charge in [-0.25, -0.2) is 18.6 Å². The number of pyridine rings is 1. The molecule has 0 atom stereocenters. The van der Waals surface area contributed by atoms with Gasteiger partial charge in [0.2, 0.25) is 0 Å². The number of alkyl halides is 2. The lowest BCUT2D eigenvalue weighted by Gasteiger charge is -2.04. The first-order valence-electron chi connectivity index (χ1n) is 3.59. The standard InChI is InChI=1S/C8H3F2IN2O2/c9-7(10)6-4(11)1-3(2-12)5(13-6)8(14)15/h1,7H,(H,14,15). The summed E-state index contributed by atoms with van der Waals surface area (Å²) in [6.45, 7) is 0. The van der Waals surface area contributed by atoms with Crippen LogP contribution in [0.25, 0.3) is 0 Å². The van der Waals surface area contributed by atoms with Crippen LogP contribution in [0, 0.1) is 14.9 Å². The van der Waals surface area contributed by atoms with Crippen molar-refractivity contribution >= 4 is 28.6 Å². The van der Waals surface area contributed by atoms with E-state index in [-0.39, 0.29) is 9.13 Å². The van der Waals surface area contributed by atoms with Gasteiger partial charge in [-0.2, -0.15) is 5.26 Å². The second-order valence-electron chi connectivity index (χ2n) is 2.47. The molecular formula is C8H3F2IN2O2. The summed E-state index contributed by atoms with van der Waals surface area (Å²) in [5.41, 5.74) is -1.49. The summed E-state index contributed by atoms with van der Waals surface area (Å²) in [5, 5.41) is 17.2. The number of aromatic nitrogens is 1. The summed E-state index contributed by atoms with van der Waals surface area (Å²) >= 11 is 1.58. The van der Waals surface area contributed by atoms with Gasteiger partial charge in [0.05, 0.1) is 5.56 Å². The molecule has 0 aliphatic carbocycles. The predicted octanol–water partition coefficient (Wildman–Crippen LogP) is 2.19. The molecule has 15 heavy (non-hydrogen) atoms. The molecule has 0 fully saturated rings. The lowest BCUT2D eigenvalue weighted by Crippen LogP contribution is -2.08. The van der Waals surface area contributed by atoms with Crippen molar-refractivity contribution in [3.8, 4) is 6.07 Å². The Bertz CT molecular complexity index is 457. The number of halogens is 3. The van der Waals surface area contributed by atoms with E-state index in [1.165, 1.54) is 0 Å². The van der Waals surface area contributed by atoms with Crippen LogP contribution in [0.5, 0.6) is 0 Å². The molecule has 78 valence electrons. The van der Waals surface area contributed by atoms with E-state index in [9.17, 15) is 13.6 Å². The molecule has 0 saturated heterocycles. The van der Waals surface area contributed by atoms with Crippen molar-refractivity contribution < 1.29 is 18.7 Å². The van der Waals surface area contributed by atoms with E-state index in [4.69, 9.17) is 10.4 Å². The molecule has 1 N–H and O–H groups in total. The van der Waals surface area contributed by atoms with E-state index in [0.717, 1.165) is 6.07 Å². The van der Waals surface area contributed by atoms with Crippen LogP contribution in [0.15, 0.2) is 6.07 Å². The van der Waals surface area contributed by atoms with Gasteiger partial charge in [0.1, 0.15) is 11.8 Å². The Morgan fingerprint density at radius 3 is 2.67 bits per heavy atom. The van der Waals surface area contributed by atoms with Crippen molar-refractivity contribution in [1.29, 1.82) is 5.26 Å². The predicted molar refractivity (Wildman–Crippen MR) is 53.6 cm³/mol. The molecule has 1 aromatic rings. The number of carbonyl (C=O) groups is 1. The molecule has 0 aliphatic rings. The van der Waals surface area contributed by atoms with E-state index in [1.807, 2.05) is 0 Å². The fraction of sp³-hybridized carbons (Fsp3) is 0.125. The largest absolute Gasteiger partial charge is 0.476 e. The lowest BCUT2D eigenvalue weighted by atomic mass is 10.2. The van der Waals surface area contributed by atoms with Crippen molar-refractivity contribution in [2.75, 3.05) is 0 Å². The van der Waals surface area contributed by atoms with Crippen LogP contribution in [0.3, 0.4) is 0 Å². The molecule has 0 radical (unpaired) electrons. The monoisotopic (exact) mass is 324 g/mol. The maximum absolute atomic E-state index is 12.4. The molecule has 0 saturated carbocycles. The van der Waals surface area contributed by atoms with Crippen LogP contribution in [-0.4, -0.2) is 16.1 Å². The van der Waals surface area contributed by atoms with Gasteiger partial charge in [0, 0.05) is 3.57 Å². The van der Waals surface area contributed by atoms with Gasteiger partial charge in [0.25, 0.3) is 6.43 Å². The summed E-state index contributed by atoms with van der Waals surface area (Å²) in [6, 6.07) is 2.67. The number of rotatable bonds is 2. The minimum absolute atomic E-state index is 0.0733. The minimum atomic E-state index is -2.86. The van der Waals surface area contributed by atoms with Gasteiger partial charge < -0.3 is 5.11 Å². The number of carboxylic acids is 1. The number of carboxylic acid groups (broad SMARTS) is 1. The zero-order chi connectivity index (χ0) is 11.6. The molecule has 0 spiro atoms. The quantitative estimate of drug-likeness (QED) is 0.847. The lowest BCUT2D eigenvalue weighted by molar-refractivity contribution is 0.0688. The van der Waals surface area contributed by atoms with Crippen molar-refractivity contribution in [3.63, 3.8) is 0 Å². The highest BCUT2D eigenvalue weighted by Crippen LogP contribution is 2.24. The fourth-order valence-electron chi connectivity index (χ4n) is 0.904. The third-order valence-electron chi connectivity index (χ3n) is 1.53. The first kappa shape index (κ1) is 11.8. The topological polar surface area (TPSA) is 74.0 Å². The Hall–Kier alpha value is -1.30. The number of hydrogen-bond acceptors (Lipinski definition) is 3. The maximum atomic E-state index is 12.4. The summed E-state index contributed by atoms with van der Waals surface area (Å²) in [5.74, 6) is -1.50. The minimum Gasteiger partial charge on any atom is -0.476 e. The molecule has 0 unspecified atom stereocenters. The second-order valence-corrected chi connectivity index (χ2v) is 3.63. The molecule has 1 aromatic heterocycles. The fourth-order valence-corrected chi connectivity index (χ4v) is 1.57. The van der Waals surface area contributed by atoms with Crippen LogP contribution in [-0.2, 0) is 0 Å². The highest BCUT2D eigenvalue weighted by molar-refractivity contribution is 14.1. The third kappa shape index (κ3) is 2.38. The van der Waals surface area contributed by atoms with Crippen molar-refractivity contribution in [3.05, 3.63) is 26.6 Å². The SMILES string of the molecule is N#Cc1cc(I)c(C(F)F)nc1C(=O)O. The average Bonchev–Trinajstić information content (AvgIpc) is 2.16. The van der Waals surface area contributed by atoms with E-state index >= 15 is 0 Å². The van der Waals surface area contributed by atoms with Gasteiger partial charge in [-0.3, -0.25) is 0 Å². The van der Waals surface area contributed by atoms with Crippen LogP contribution in [0.1, 0.15) is 28.2 Å². The van der Waals surface area contributed by atoms with E-state index < -0.39 is 23.8 Å². The zero-order valence-corrected chi connectivity index (χ0v) is 9.20. The average molecular weight is 324 g/mol. The van der Waals surface area contributed by atoms with Crippen LogP contribution in [0.4, 0.5) is 8.78 Å². The Balaban J connectivity index is 3.45. The van der Waals surface area contributed by atoms with Crippen LogP contribution >= 0.6 is 22.6 Å². The van der Waals surface area contributed by atoms with E-state index in [2.05, 4.69) is 4.98 Å². The Morgan fingerprint density at radius 1 is 1.67 bits per heavy atom. The summed E-state index contributed by atoms with van der Waals surface area (Å²) in [7, 11) is 0. The Labute approximate surface area is 96.7 Å². The summed E-state index contributed by atoms with van der Waals surface area (Å²) in [6.07, 6.45) is -2.86. The summed E-state index contributed by atoms with van der Waals surface area (Å²) < 4.78 is 24.8. The van der Waals surface area contributed by atoms with Crippen LogP contribution in [0.2, 0.25) is 0 Å². The maximum Gasteiger partial charge on any atom is 0.355 e. The van der Waals surface area contributed by atoms with E-state index in [0.29, 0.717) is 0 Å². The first-order valence-corrected chi connectivity index (χ1v) is 4.67. The van der Waals surface area contributed by atoms with E-state index in [1.54, 1.807) is 28.7 Å². The first-order chi connectivity index (χ1) is 6.97. The van der Waals surface area contributed by atoms with Gasteiger partial charge in [-0.15, -0.1) is 0 Å². The molecule has 0 amide bonds. The van der Waals surface area contributed by atoms with Gasteiger partial charge in [-0.05, 0) is 28.7 Å². The molecule has 4 nitrogen and oxygen atoms in total. The normalized spacial score (nSPS) is 10.1. The van der Waals surface area contributed by atoms with Crippen LogP contribution < -0.4 is 0 Å². The third-order valence-corrected chi connectivity index (χ3v) is 2.40. The molecule has 0 aromatic carbocycles. The Kier molecular flexibility index (Phi) is 3.52. The second kappa shape index (κ2) is 4.48. The number of hydrogen-bond donors (Lipinski definition) is 1. The zero-order valence-electron chi connectivity index (χ0n) is 7.04. The van der Waals surface area contributed by atoms with Crippen molar-refractivity contribution in [1.82, 2.24) is 4.98 Å². The highest BCUT2D eigenvalue weighted by Gasteiger charge is 2.20. The number of aromatic carboxylic acids is 1. The van der Waals surface area contributed by atoms with Crippen molar-refractivity contribution in [2.24, 2.45) is 0 Å². The Morgan fingerprint density at radius 2 is 2.27 bits per heavy atom. The number of nitriles is 1. The van der Waals surface area contributed by atoms with Gasteiger partial charge in [0.15, 0.2) is 5.69 Å². The number of nitrogens with zero attached hydrogens (tertiary/aromatic N) is 2.